The van der Waals surface area contributed by atoms with Crippen LogP contribution in [0, 0.1) is 0 Å². The maximum atomic E-state index is 13.8. The number of phenolic OH excluding ortho intramolecular Hbond substituents is 1. The molecule has 186 valence electrons. The van der Waals surface area contributed by atoms with Gasteiger partial charge >= 0.3 is 5.85 Å². The van der Waals surface area contributed by atoms with Crippen LogP contribution in [0.15, 0.2) is 119 Å². The third-order valence-corrected chi connectivity index (χ3v) is 8.03. The second-order valence-electron chi connectivity index (χ2n) is 9.36. The van der Waals surface area contributed by atoms with Crippen molar-refractivity contribution in [3.8, 4) is 11.5 Å². The first-order valence-corrected chi connectivity index (χ1v) is 13.2. The topological polar surface area (TPSA) is 65.4 Å². The largest absolute Gasteiger partial charge is 0.508 e. The van der Waals surface area contributed by atoms with Gasteiger partial charge in [0, 0.05) is 12.0 Å². The van der Waals surface area contributed by atoms with Crippen LogP contribution in [0.4, 0.5) is 10.5 Å². The Bertz CT molecular complexity index is 1590. The predicted octanol–water partition coefficient (Wildman–Crippen LogP) is 7.00. The number of nitrogens with zero attached hydrogens (tertiary/aromatic N) is 3. The molecule has 7 heteroatoms. The molecule has 0 aliphatic carbocycles. The van der Waals surface area contributed by atoms with Crippen molar-refractivity contribution < 1.29 is 14.6 Å². The fourth-order valence-corrected chi connectivity index (χ4v) is 6.40. The number of rotatable bonds is 3. The first-order chi connectivity index (χ1) is 18.6. The molecule has 0 aromatic heterocycles. The van der Waals surface area contributed by atoms with E-state index in [1.807, 2.05) is 89.9 Å². The van der Waals surface area contributed by atoms with Crippen LogP contribution >= 0.6 is 11.8 Å². The highest BCUT2D eigenvalue weighted by Gasteiger charge is 2.63. The van der Waals surface area contributed by atoms with Crippen molar-refractivity contribution in [2.75, 3.05) is 4.90 Å². The number of phenols is 1. The van der Waals surface area contributed by atoms with Gasteiger partial charge in [-0.05, 0) is 59.3 Å². The highest BCUT2D eigenvalue weighted by molar-refractivity contribution is 8.17. The molecule has 2 atom stereocenters. The molecule has 0 radical (unpaired) electrons. The number of fused-ring (bicyclic) bond motifs is 4. The van der Waals surface area contributed by atoms with Gasteiger partial charge in [-0.15, -0.1) is 0 Å². The summed E-state index contributed by atoms with van der Waals surface area (Å²) in [6.45, 7) is 0. The van der Waals surface area contributed by atoms with Crippen molar-refractivity contribution in [3.05, 3.63) is 131 Å². The summed E-state index contributed by atoms with van der Waals surface area (Å²) in [4.78, 5) is 16.2. The fourth-order valence-electron chi connectivity index (χ4n) is 5.34. The Morgan fingerprint density at radius 1 is 0.895 bits per heavy atom. The van der Waals surface area contributed by atoms with Gasteiger partial charge in [-0.3, -0.25) is 4.79 Å². The minimum atomic E-state index is -1.32. The third-order valence-electron chi connectivity index (χ3n) is 7.07. The zero-order valence-electron chi connectivity index (χ0n) is 20.3. The molecule has 1 spiro atoms. The number of para-hydroxylation sites is 2. The summed E-state index contributed by atoms with van der Waals surface area (Å²) in [6, 6.07) is 34.5. The van der Waals surface area contributed by atoms with Crippen LogP contribution in [-0.2, 0) is 0 Å². The maximum Gasteiger partial charge on any atom is 0.321 e. The van der Waals surface area contributed by atoms with Crippen molar-refractivity contribution in [2.24, 2.45) is 5.10 Å². The maximum absolute atomic E-state index is 13.8. The second kappa shape index (κ2) is 8.82. The van der Waals surface area contributed by atoms with Gasteiger partial charge in [-0.2, -0.15) is 5.10 Å². The highest BCUT2D eigenvalue weighted by atomic mass is 32.2. The van der Waals surface area contributed by atoms with Gasteiger partial charge in [0.25, 0.3) is 5.24 Å². The summed E-state index contributed by atoms with van der Waals surface area (Å²) in [5, 5.41) is 16.8. The molecule has 3 aliphatic heterocycles. The van der Waals surface area contributed by atoms with E-state index in [2.05, 4.69) is 18.2 Å². The lowest BCUT2D eigenvalue weighted by molar-refractivity contribution is -0.0763. The van der Waals surface area contributed by atoms with Crippen LogP contribution in [0.2, 0.25) is 0 Å². The van der Waals surface area contributed by atoms with Crippen molar-refractivity contribution in [3.63, 3.8) is 0 Å². The smallest absolute Gasteiger partial charge is 0.321 e. The minimum absolute atomic E-state index is 0.129. The number of carbonyl (C=O) groups is 1. The average Bonchev–Trinajstić information content (AvgIpc) is 3.52. The first kappa shape index (κ1) is 22.7. The summed E-state index contributed by atoms with van der Waals surface area (Å²) in [5.41, 5.74) is 4.59. The van der Waals surface area contributed by atoms with E-state index >= 15 is 0 Å². The third kappa shape index (κ3) is 3.50. The molecule has 4 aromatic carbocycles. The van der Waals surface area contributed by atoms with Gasteiger partial charge in [0.05, 0.1) is 22.3 Å². The number of amides is 1. The van der Waals surface area contributed by atoms with Crippen molar-refractivity contribution in [1.82, 2.24) is 5.01 Å². The van der Waals surface area contributed by atoms with Crippen LogP contribution in [0.3, 0.4) is 0 Å². The van der Waals surface area contributed by atoms with E-state index in [-0.39, 0.29) is 17.0 Å². The summed E-state index contributed by atoms with van der Waals surface area (Å²) in [6.07, 6.45) is 2.63. The van der Waals surface area contributed by atoms with Gasteiger partial charge in [0.15, 0.2) is 0 Å². The number of hydrogen-bond donors (Lipinski definition) is 1. The predicted molar refractivity (Wildman–Crippen MR) is 150 cm³/mol. The van der Waals surface area contributed by atoms with Crippen LogP contribution < -0.4 is 9.64 Å². The molecule has 6 nitrogen and oxygen atoms in total. The van der Waals surface area contributed by atoms with Crippen LogP contribution in [0.25, 0.3) is 6.08 Å². The van der Waals surface area contributed by atoms with E-state index in [0.717, 1.165) is 45.6 Å². The molecule has 3 heterocycles. The normalized spacial score (nSPS) is 22.8. The lowest BCUT2D eigenvalue weighted by atomic mass is 9.95. The molecule has 2 unspecified atom stereocenters. The molecule has 0 bridgehead atoms. The SMILES string of the molecule is O=C1S/C(=C\c2ccc(O)cc2)C2(Oc3ccccc3C3CC(c4ccccc4)=NN32)N1c1ccccc1. The Balaban J connectivity index is 1.48. The van der Waals surface area contributed by atoms with E-state index in [1.54, 1.807) is 17.0 Å². The molecule has 1 N–H and O–H groups in total. The lowest BCUT2D eigenvalue weighted by Crippen LogP contribution is -2.63. The Hall–Kier alpha value is -4.49. The van der Waals surface area contributed by atoms with Gasteiger partial charge in [0.1, 0.15) is 11.5 Å². The molecular formula is C31H23N3O3S. The zero-order valence-corrected chi connectivity index (χ0v) is 21.1. The number of carbonyl (C=O) groups excluding carboxylic acids is 1. The summed E-state index contributed by atoms with van der Waals surface area (Å²) in [5.74, 6) is -0.412. The number of hydrazone groups is 1. The van der Waals surface area contributed by atoms with Gasteiger partial charge in [0.2, 0.25) is 0 Å². The highest BCUT2D eigenvalue weighted by Crippen LogP contribution is 2.57. The van der Waals surface area contributed by atoms with Gasteiger partial charge < -0.3 is 9.84 Å². The second-order valence-corrected chi connectivity index (χ2v) is 10.4. The Morgan fingerprint density at radius 3 is 2.34 bits per heavy atom. The number of hydrogen-bond acceptors (Lipinski definition) is 6. The molecule has 7 rings (SSSR count). The summed E-state index contributed by atoms with van der Waals surface area (Å²) in [7, 11) is 0. The number of aromatic hydroxyl groups is 1. The standard InChI is InChI=1S/C31H23N3O3S/c35-24-17-15-21(16-18-24)19-29-31(33(30(36)38-29)23-11-5-2-6-12-23)34-27(25-13-7-8-14-28(25)37-31)20-26(32-34)22-9-3-1-4-10-22/h1-19,27,35H,20H2/b29-19-. The number of benzene rings is 4. The Morgan fingerprint density at radius 2 is 1.58 bits per heavy atom. The molecule has 4 aromatic rings. The molecule has 1 saturated heterocycles. The van der Waals surface area contributed by atoms with Crippen LogP contribution in [-0.4, -0.2) is 26.9 Å². The van der Waals surface area contributed by atoms with E-state index in [0.29, 0.717) is 11.3 Å². The Labute approximate surface area is 224 Å². The van der Waals surface area contributed by atoms with E-state index in [4.69, 9.17) is 9.84 Å². The fraction of sp³-hybridized carbons (Fsp3) is 0.0968. The zero-order chi connectivity index (χ0) is 25.7. The van der Waals surface area contributed by atoms with Crippen molar-refractivity contribution in [1.29, 1.82) is 0 Å². The number of ether oxygens (including phenoxy) is 1. The van der Waals surface area contributed by atoms with Crippen molar-refractivity contribution >= 4 is 34.5 Å². The first-order valence-electron chi connectivity index (χ1n) is 12.4. The molecule has 0 saturated carbocycles. The van der Waals surface area contributed by atoms with E-state index in [9.17, 15) is 9.90 Å². The van der Waals surface area contributed by atoms with Crippen LogP contribution in [0.5, 0.6) is 11.5 Å². The minimum Gasteiger partial charge on any atom is -0.508 e. The molecular weight excluding hydrogens is 494 g/mol. The number of anilines is 1. The van der Waals surface area contributed by atoms with Crippen LogP contribution in [0.1, 0.15) is 29.2 Å². The number of thioether (sulfide) groups is 1. The molecule has 38 heavy (non-hydrogen) atoms. The average molecular weight is 518 g/mol. The summed E-state index contributed by atoms with van der Waals surface area (Å²) >= 11 is 1.14. The monoisotopic (exact) mass is 517 g/mol. The molecule has 1 fully saturated rings. The lowest BCUT2D eigenvalue weighted by Gasteiger charge is -2.49. The molecule has 1 amide bonds. The van der Waals surface area contributed by atoms with E-state index in [1.165, 1.54) is 0 Å². The van der Waals surface area contributed by atoms with Crippen molar-refractivity contribution in [2.45, 2.75) is 18.3 Å². The van der Waals surface area contributed by atoms with Gasteiger partial charge in [-0.1, -0.05) is 78.9 Å². The van der Waals surface area contributed by atoms with E-state index < -0.39 is 5.85 Å². The Kier molecular flexibility index (Phi) is 5.26. The van der Waals surface area contributed by atoms with Gasteiger partial charge in [-0.25, -0.2) is 9.91 Å². The summed E-state index contributed by atoms with van der Waals surface area (Å²) < 4.78 is 6.91. The molecule has 3 aliphatic rings. The quantitative estimate of drug-likeness (QED) is 0.317.